The van der Waals surface area contributed by atoms with Gasteiger partial charge in [0.05, 0.1) is 13.7 Å². The molecule has 1 aromatic heterocycles. The van der Waals surface area contributed by atoms with Gasteiger partial charge in [-0.25, -0.2) is 4.68 Å². The summed E-state index contributed by atoms with van der Waals surface area (Å²) >= 11 is 1.29. The van der Waals surface area contributed by atoms with Crippen LogP contribution in [0.2, 0.25) is 0 Å². The van der Waals surface area contributed by atoms with E-state index in [-0.39, 0.29) is 31.7 Å². The molecule has 0 radical (unpaired) electrons. The Kier molecular flexibility index (Phi) is 6.78. The minimum absolute atomic E-state index is 0.0356. The van der Waals surface area contributed by atoms with Gasteiger partial charge in [-0.1, -0.05) is 6.07 Å². The van der Waals surface area contributed by atoms with Crippen molar-refractivity contribution in [2.24, 2.45) is 5.73 Å². The maximum absolute atomic E-state index is 11.3. The summed E-state index contributed by atoms with van der Waals surface area (Å²) in [6, 6.07) is 7.36. The number of carbonyl (C=O) groups excluding carboxylic acids is 2. The maximum Gasteiger partial charge on any atom is 0.302 e. The molecular weight excluding hydrogens is 348 g/mol. The summed E-state index contributed by atoms with van der Waals surface area (Å²) in [5.41, 5.74) is 5.24. The number of aromatic nitrogens is 3. The number of ether oxygens (including phenoxy) is 3. The lowest BCUT2D eigenvalue weighted by Gasteiger charge is -2.07. The van der Waals surface area contributed by atoms with E-state index in [0.717, 1.165) is 4.90 Å². The second-order valence-corrected chi connectivity index (χ2v) is 5.78. The van der Waals surface area contributed by atoms with E-state index in [0.29, 0.717) is 10.9 Å². The normalized spacial score (nSPS) is 10.5. The van der Waals surface area contributed by atoms with Crippen molar-refractivity contribution in [2.45, 2.75) is 23.7 Å². The Hall–Kier alpha value is -2.59. The number of nitrogens with two attached hydrogens (primary N) is 1. The fraction of sp³-hybridized carbons (Fsp3) is 0.333. The van der Waals surface area contributed by atoms with Gasteiger partial charge in [0.15, 0.2) is 5.16 Å². The van der Waals surface area contributed by atoms with Crippen molar-refractivity contribution < 1.29 is 23.8 Å². The first kappa shape index (κ1) is 18.7. The lowest BCUT2D eigenvalue weighted by Crippen LogP contribution is -2.15. The van der Waals surface area contributed by atoms with Crippen LogP contribution < -0.4 is 10.5 Å². The number of primary amides is 1. The van der Waals surface area contributed by atoms with Gasteiger partial charge in [0.25, 0.3) is 5.91 Å². The number of hydrogen-bond acceptors (Lipinski definition) is 8. The van der Waals surface area contributed by atoms with Crippen LogP contribution in [0.1, 0.15) is 17.5 Å². The van der Waals surface area contributed by atoms with Crippen molar-refractivity contribution in [1.82, 2.24) is 14.8 Å². The molecule has 0 saturated carbocycles. The Labute approximate surface area is 148 Å². The van der Waals surface area contributed by atoms with Gasteiger partial charge in [0.1, 0.15) is 19.1 Å². The molecule has 0 atom stereocenters. The van der Waals surface area contributed by atoms with E-state index in [1.807, 2.05) is 24.3 Å². The van der Waals surface area contributed by atoms with Crippen LogP contribution in [0.25, 0.3) is 0 Å². The minimum Gasteiger partial charge on any atom is -0.497 e. The van der Waals surface area contributed by atoms with Gasteiger partial charge in [-0.15, -0.1) is 5.10 Å². The summed E-state index contributed by atoms with van der Waals surface area (Å²) in [7, 11) is 1.58. The molecule has 0 bridgehead atoms. The molecule has 9 nitrogen and oxygen atoms in total. The molecule has 0 aliphatic rings. The average molecular weight is 366 g/mol. The third-order valence-electron chi connectivity index (χ3n) is 2.86. The summed E-state index contributed by atoms with van der Waals surface area (Å²) in [6.45, 7) is 1.67. The summed E-state index contributed by atoms with van der Waals surface area (Å²) < 4.78 is 16.7. The molecule has 1 amide bonds. The number of hydrogen-bond donors (Lipinski definition) is 1. The van der Waals surface area contributed by atoms with Crippen molar-refractivity contribution in [2.75, 3.05) is 20.3 Å². The molecule has 1 heterocycles. The first-order chi connectivity index (χ1) is 12.0. The standard InChI is InChI=1S/C15H18N4O5S/c1-10(20)24-7-6-23-9-19-15(17-14(18-19)13(16)21)25-12-5-3-4-11(8-12)22-2/h3-5,8H,6-7,9H2,1-2H3,(H2,16,21). The van der Waals surface area contributed by atoms with Crippen LogP contribution in [0.15, 0.2) is 34.3 Å². The Morgan fingerprint density at radius 3 is 2.80 bits per heavy atom. The third kappa shape index (κ3) is 5.76. The fourth-order valence-corrected chi connectivity index (χ4v) is 2.62. The van der Waals surface area contributed by atoms with Crippen molar-refractivity contribution in [3.63, 3.8) is 0 Å². The van der Waals surface area contributed by atoms with Gasteiger partial charge in [0, 0.05) is 11.8 Å². The van der Waals surface area contributed by atoms with Crippen LogP contribution in [-0.4, -0.2) is 47.0 Å². The Bertz CT molecular complexity index is 749. The molecule has 0 aliphatic carbocycles. The van der Waals surface area contributed by atoms with E-state index in [4.69, 9.17) is 19.9 Å². The van der Waals surface area contributed by atoms with Gasteiger partial charge in [-0.3, -0.25) is 9.59 Å². The average Bonchev–Trinajstić information content (AvgIpc) is 2.97. The highest BCUT2D eigenvalue weighted by Gasteiger charge is 2.15. The highest BCUT2D eigenvalue weighted by Crippen LogP contribution is 2.28. The molecule has 0 spiro atoms. The molecule has 25 heavy (non-hydrogen) atoms. The number of carbonyl (C=O) groups is 2. The lowest BCUT2D eigenvalue weighted by atomic mass is 10.3. The van der Waals surface area contributed by atoms with E-state index < -0.39 is 5.91 Å². The number of methoxy groups -OCH3 is 1. The van der Waals surface area contributed by atoms with Crippen molar-refractivity contribution in [3.8, 4) is 5.75 Å². The Morgan fingerprint density at radius 2 is 2.12 bits per heavy atom. The second-order valence-electron chi connectivity index (χ2n) is 4.74. The zero-order chi connectivity index (χ0) is 18.2. The number of rotatable bonds is 9. The van der Waals surface area contributed by atoms with Crippen LogP contribution in [0.5, 0.6) is 5.75 Å². The molecule has 134 valence electrons. The molecular formula is C15H18N4O5S. The summed E-state index contributed by atoms with van der Waals surface area (Å²) in [5, 5.41) is 4.47. The number of amides is 1. The van der Waals surface area contributed by atoms with E-state index in [9.17, 15) is 9.59 Å². The monoisotopic (exact) mass is 366 g/mol. The molecule has 0 unspecified atom stereocenters. The molecule has 0 fully saturated rings. The molecule has 10 heteroatoms. The summed E-state index contributed by atoms with van der Waals surface area (Å²) in [5.74, 6) is -0.515. The molecule has 2 rings (SSSR count). The number of nitrogens with zero attached hydrogens (tertiary/aromatic N) is 3. The molecule has 0 aliphatic heterocycles. The highest BCUT2D eigenvalue weighted by atomic mass is 32.2. The van der Waals surface area contributed by atoms with Gasteiger partial charge in [-0.2, -0.15) is 4.98 Å². The Morgan fingerprint density at radius 1 is 1.32 bits per heavy atom. The fourth-order valence-electron chi connectivity index (χ4n) is 1.76. The molecule has 1 aromatic carbocycles. The van der Waals surface area contributed by atoms with Crippen molar-refractivity contribution in [3.05, 3.63) is 30.1 Å². The van der Waals surface area contributed by atoms with E-state index in [1.54, 1.807) is 7.11 Å². The predicted molar refractivity (Wildman–Crippen MR) is 88.2 cm³/mol. The topological polar surface area (TPSA) is 119 Å². The van der Waals surface area contributed by atoms with Crippen molar-refractivity contribution >= 4 is 23.6 Å². The molecule has 2 N–H and O–H groups in total. The zero-order valence-corrected chi connectivity index (χ0v) is 14.6. The van der Waals surface area contributed by atoms with Gasteiger partial charge >= 0.3 is 5.97 Å². The first-order valence-corrected chi connectivity index (χ1v) is 8.09. The molecule has 2 aromatic rings. The predicted octanol–water partition coefficient (Wildman–Crippen LogP) is 1.07. The van der Waals surface area contributed by atoms with Crippen LogP contribution in [0.3, 0.4) is 0 Å². The van der Waals surface area contributed by atoms with Gasteiger partial charge < -0.3 is 19.9 Å². The molecule has 0 saturated heterocycles. The van der Waals surface area contributed by atoms with Crippen LogP contribution in [0, 0.1) is 0 Å². The quantitative estimate of drug-likeness (QED) is 0.517. The largest absolute Gasteiger partial charge is 0.497 e. The van der Waals surface area contributed by atoms with Crippen LogP contribution >= 0.6 is 11.8 Å². The zero-order valence-electron chi connectivity index (χ0n) is 13.8. The third-order valence-corrected chi connectivity index (χ3v) is 3.83. The maximum atomic E-state index is 11.3. The van der Waals surface area contributed by atoms with Crippen LogP contribution in [0.4, 0.5) is 0 Å². The van der Waals surface area contributed by atoms with E-state index in [1.165, 1.54) is 23.4 Å². The SMILES string of the molecule is COc1cccc(Sc2nc(C(N)=O)nn2COCCOC(C)=O)c1. The van der Waals surface area contributed by atoms with Gasteiger partial charge in [-0.05, 0) is 30.0 Å². The minimum atomic E-state index is -0.730. The van der Waals surface area contributed by atoms with Gasteiger partial charge in [0.2, 0.25) is 5.82 Å². The van der Waals surface area contributed by atoms with Crippen molar-refractivity contribution in [1.29, 1.82) is 0 Å². The van der Waals surface area contributed by atoms with E-state index in [2.05, 4.69) is 10.1 Å². The first-order valence-electron chi connectivity index (χ1n) is 7.27. The Balaban J connectivity index is 2.07. The summed E-state index contributed by atoms with van der Waals surface area (Å²) in [6.07, 6.45) is 0. The highest BCUT2D eigenvalue weighted by molar-refractivity contribution is 7.99. The lowest BCUT2D eigenvalue weighted by molar-refractivity contribution is -0.143. The summed E-state index contributed by atoms with van der Waals surface area (Å²) in [4.78, 5) is 27.0. The smallest absolute Gasteiger partial charge is 0.302 e. The second kappa shape index (κ2) is 9.04. The number of esters is 1. The van der Waals surface area contributed by atoms with Crippen LogP contribution in [-0.2, 0) is 21.0 Å². The number of benzene rings is 1. The van der Waals surface area contributed by atoms with E-state index >= 15 is 0 Å².